The van der Waals surface area contributed by atoms with Crippen molar-refractivity contribution in [3.8, 4) is 11.3 Å². The predicted molar refractivity (Wildman–Crippen MR) is 147 cm³/mol. The maximum Gasteiger partial charge on any atom is 0.417 e. The smallest absolute Gasteiger partial charge is 0.417 e. The summed E-state index contributed by atoms with van der Waals surface area (Å²) in [6, 6.07) is 7.87. The van der Waals surface area contributed by atoms with Crippen molar-refractivity contribution in [2.24, 2.45) is 11.8 Å². The lowest BCUT2D eigenvalue weighted by Crippen LogP contribution is -2.28. The molecule has 0 bridgehead atoms. The van der Waals surface area contributed by atoms with Gasteiger partial charge in [-0.25, -0.2) is 14.2 Å². The first kappa shape index (κ1) is 27.3. The van der Waals surface area contributed by atoms with Gasteiger partial charge in [0.15, 0.2) is 10.9 Å². The Hall–Kier alpha value is -3.51. The summed E-state index contributed by atoms with van der Waals surface area (Å²) in [4.78, 5) is 18.0. The number of carboxylic acid groups (broad SMARTS) is 1. The molecule has 2 aromatic heterocycles. The molecule has 3 fully saturated rings. The Balaban J connectivity index is 1.06. The standard InChI is InChI=1S/C30H27F4N3O4S/c31-23-10-17(28(38)39)11-24-26(23)35-29(42-24)37-12-16-7-8-19(9-18(16)13-37)40-14-21-25(36-41-27(21)15-5-6-15)20-3-1-2-4-22(20)30(32,33)34/h1-4,10-11,15-16,18-19H,5-9,12-14H2,(H,38,39)/t16-,18+,19+/m0/s1. The summed E-state index contributed by atoms with van der Waals surface area (Å²) in [6.07, 6.45) is -0.209. The van der Waals surface area contributed by atoms with Crippen molar-refractivity contribution in [2.75, 3.05) is 18.0 Å². The van der Waals surface area contributed by atoms with Gasteiger partial charge in [0.05, 0.1) is 28.5 Å². The van der Waals surface area contributed by atoms with Gasteiger partial charge in [-0.3, -0.25) is 0 Å². The summed E-state index contributed by atoms with van der Waals surface area (Å²) in [5.41, 5.74) is 0.118. The van der Waals surface area contributed by atoms with Gasteiger partial charge in [-0.2, -0.15) is 13.2 Å². The van der Waals surface area contributed by atoms with Crippen LogP contribution in [0.15, 0.2) is 40.9 Å². The molecule has 2 aromatic carbocycles. The van der Waals surface area contributed by atoms with Crippen molar-refractivity contribution < 1.29 is 36.7 Å². The number of rotatable bonds is 7. The highest BCUT2D eigenvalue weighted by Gasteiger charge is 2.41. The Morgan fingerprint density at radius 3 is 2.67 bits per heavy atom. The number of nitrogens with zero attached hydrogens (tertiary/aromatic N) is 3. The van der Waals surface area contributed by atoms with E-state index in [-0.39, 0.29) is 41.0 Å². The molecule has 220 valence electrons. The van der Waals surface area contributed by atoms with Crippen LogP contribution in [-0.4, -0.2) is 40.4 Å². The molecule has 2 saturated carbocycles. The summed E-state index contributed by atoms with van der Waals surface area (Å²) in [5, 5.41) is 14.0. The van der Waals surface area contributed by atoms with E-state index in [1.54, 1.807) is 6.07 Å². The van der Waals surface area contributed by atoms with E-state index in [1.807, 2.05) is 0 Å². The number of thiazole rings is 1. The normalized spacial score (nSPS) is 22.6. The maximum atomic E-state index is 14.5. The third kappa shape index (κ3) is 5.04. The van der Waals surface area contributed by atoms with E-state index < -0.39 is 23.5 Å². The van der Waals surface area contributed by atoms with Gasteiger partial charge in [0.2, 0.25) is 0 Å². The Morgan fingerprint density at radius 2 is 1.90 bits per heavy atom. The van der Waals surface area contributed by atoms with Gasteiger partial charge in [0, 0.05) is 30.1 Å². The van der Waals surface area contributed by atoms with Gasteiger partial charge >= 0.3 is 12.1 Å². The van der Waals surface area contributed by atoms with Crippen LogP contribution in [0, 0.1) is 17.7 Å². The lowest BCUT2D eigenvalue weighted by molar-refractivity contribution is -0.137. The second kappa shape index (κ2) is 10.3. The van der Waals surface area contributed by atoms with Crippen LogP contribution in [0.3, 0.4) is 0 Å². The first-order valence-corrected chi connectivity index (χ1v) is 14.8. The van der Waals surface area contributed by atoms with Gasteiger partial charge in [0.1, 0.15) is 17.0 Å². The highest BCUT2D eigenvalue weighted by molar-refractivity contribution is 7.22. The molecular formula is C30H27F4N3O4S. The van der Waals surface area contributed by atoms with Crippen LogP contribution >= 0.6 is 11.3 Å². The molecule has 1 aliphatic heterocycles. The fourth-order valence-electron chi connectivity index (χ4n) is 6.41. The van der Waals surface area contributed by atoms with Gasteiger partial charge in [0.25, 0.3) is 0 Å². The third-order valence-electron chi connectivity index (χ3n) is 8.67. The molecule has 1 N–H and O–H groups in total. The van der Waals surface area contributed by atoms with Crippen LogP contribution in [0.2, 0.25) is 0 Å². The van der Waals surface area contributed by atoms with Crippen LogP contribution in [0.5, 0.6) is 0 Å². The topological polar surface area (TPSA) is 88.7 Å². The lowest BCUT2D eigenvalue weighted by Gasteiger charge is -2.30. The molecule has 7 rings (SSSR count). The first-order chi connectivity index (χ1) is 20.2. The van der Waals surface area contributed by atoms with Crippen molar-refractivity contribution in [3.05, 3.63) is 64.7 Å². The molecule has 1 saturated heterocycles. The monoisotopic (exact) mass is 601 g/mol. The predicted octanol–water partition coefficient (Wildman–Crippen LogP) is 7.51. The van der Waals surface area contributed by atoms with Gasteiger partial charge < -0.3 is 19.3 Å². The van der Waals surface area contributed by atoms with Crippen molar-refractivity contribution in [1.82, 2.24) is 10.1 Å². The van der Waals surface area contributed by atoms with Crippen molar-refractivity contribution in [1.29, 1.82) is 0 Å². The maximum absolute atomic E-state index is 14.5. The molecule has 0 unspecified atom stereocenters. The Morgan fingerprint density at radius 1 is 1.12 bits per heavy atom. The van der Waals surface area contributed by atoms with Gasteiger partial charge in [-0.15, -0.1) is 0 Å². The molecule has 2 aliphatic carbocycles. The fourth-order valence-corrected chi connectivity index (χ4v) is 7.45. The average molecular weight is 602 g/mol. The van der Waals surface area contributed by atoms with E-state index in [1.165, 1.54) is 29.5 Å². The zero-order valence-electron chi connectivity index (χ0n) is 22.4. The molecule has 0 amide bonds. The van der Waals surface area contributed by atoms with E-state index >= 15 is 0 Å². The summed E-state index contributed by atoms with van der Waals surface area (Å²) in [5.74, 6) is -0.302. The fraction of sp³-hybridized carbons (Fsp3) is 0.433. The van der Waals surface area contributed by atoms with E-state index in [4.69, 9.17) is 9.26 Å². The number of aromatic nitrogens is 2. The first-order valence-electron chi connectivity index (χ1n) is 14.0. The highest BCUT2D eigenvalue weighted by atomic mass is 32.1. The summed E-state index contributed by atoms with van der Waals surface area (Å²) >= 11 is 1.29. The van der Waals surface area contributed by atoms with Crippen molar-refractivity contribution >= 4 is 32.7 Å². The third-order valence-corrected chi connectivity index (χ3v) is 9.74. The number of anilines is 1. The molecule has 0 spiro atoms. The largest absolute Gasteiger partial charge is 0.478 e. The SMILES string of the molecule is O=C(O)c1cc(F)c2nc(N3C[C@H]4C[C@H](OCc5c(-c6ccccc6C(F)(F)F)noc5C5CC5)CC[C@H]4C3)sc2c1. The number of carboxylic acids is 1. The summed E-state index contributed by atoms with van der Waals surface area (Å²) < 4.78 is 68.4. The van der Waals surface area contributed by atoms with Gasteiger partial charge in [-0.05, 0) is 62.1 Å². The number of aromatic carboxylic acids is 1. The highest BCUT2D eigenvalue weighted by Crippen LogP contribution is 2.47. The van der Waals surface area contributed by atoms with Crippen molar-refractivity contribution in [2.45, 2.75) is 56.9 Å². The Kier molecular flexibility index (Phi) is 6.73. The minimum absolute atomic E-state index is 0.00265. The van der Waals surface area contributed by atoms with Gasteiger partial charge in [-0.1, -0.05) is 34.7 Å². The number of hydrogen-bond donors (Lipinski definition) is 1. The van der Waals surface area contributed by atoms with Crippen molar-refractivity contribution in [3.63, 3.8) is 0 Å². The summed E-state index contributed by atoms with van der Waals surface area (Å²) in [6.45, 7) is 1.63. The second-order valence-corrected chi connectivity index (χ2v) is 12.5. The van der Waals surface area contributed by atoms with Crippen LogP contribution in [0.25, 0.3) is 21.5 Å². The number of alkyl halides is 3. The van der Waals surface area contributed by atoms with E-state index in [0.717, 1.165) is 57.3 Å². The Bertz CT molecular complexity index is 1660. The zero-order valence-corrected chi connectivity index (χ0v) is 23.2. The minimum Gasteiger partial charge on any atom is -0.478 e. The molecule has 0 radical (unpaired) electrons. The molecule has 4 aromatic rings. The van der Waals surface area contributed by atoms with Crippen LogP contribution in [-0.2, 0) is 17.5 Å². The van der Waals surface area contributed by atoms with Crippen LogP contribution in [0.1, 0.15) is 65.3 Å². The number of ether oxygens (including phenoxy) is 1. The van der Waals surface area contributed by atoms with E-state index in [9.17, 15) is 27.5 Å². The molecule has 3 atom stereocenters. The summed E-state index contributed by atoms with van der Waals surface area (Å²) in [7, 11) is 0. The average Bonchev–Trinajstić information content (AvgIpc) is 3.37. The molecular weight excluding hydrogens is 574 g/mol. The Labute approximate surface area is 242 Å². The van der Waals surface area contributed by atoms with E-state index in [2.05, 4.69) is 15.0 Å². The number of hydrogen-bond acceptors (Lipinski definition) is 7. The number of halogens is 4. The quantitative estimate of drug-likeness (QED) is 0.219. The minimum atomic E-state index is -4.52. The molecule has 7 nitrogen and oxygen atoms in total. The molecule has 3 heterocycles. The van der Waals surface area contributed by atoms with E-state index in [0.29, 0.717) is 33.0 Å². The number of fused-ring (bicyclic) bond motifs is 2. The lowest BCUT2D eigenvalue weighted by atomic mass is 9.80. The zero-order chi connectivity index (χ0) is 29.2. The molecule has 42 heavy (non-hydrogen) atoms. The molecule has 3 aliphatic rings. The van der Waals surface area contributed by atoms with Crippen LogP contribution in [0.4, 0.5) is 22.7 Å². The second-order valence-electron chi connectivity index (χ2n) is 11.5. The number of benzene rings is 2. The molecule has 12 heteroatoms. The van der Waals surface area contributed by atoms with Crippen LogP contribution < -0.4 is 4.90 Å². The number of carbonyl (C=O) groups is 1.